The molecule has 1 N–H and O–H groups in total. The molecule has 1 aliphatic rings. The number of nitrogens with one attached hydrogen (secondary N) is 1. The first-order valence-corrected chi connectivity index (χ1v) is 6.53. The van der Waals surface area contributed by atoms with E-state index < -0.39 is 4.92 Å². The van der Waals surface area contributed by atoms with Crippen molar-refractivity contribution in [1.29, 1.82) is 0 Å². The third kappa shape index (κ3) is 3.52. The van der Waals surface area contributed by atoms with Gasteiger partial charge in [-0.3, -0.25) is 4.79 Å². The highest BCUT2D eigenvalue weighted by molar-refractivity contribution is 5.76. The first-order chi connectivity index (χ1) is 9.06. The van der Waals surface area contributed by atoms with Gasteiger partial charge in [-0.25, -0.2) is 0 Å². The second-order valence-electron chi connectivity index (χ2n) is 5.06. The molecule has 0 spiro atoms. The molecule has 1 saturated carbocycles. The summed E-state index contributed by atoms with van der Waals surface area (Å²) in [5.74, 6) is 0.111. The summed E-state index contributed by atoms with van der Waals surface area (Å²) in [4.78, 5) is 21.8. The highest BCUT2D eigenvalue weighted by Gasteiger charge is 2.23. The maximum atomic E-state index is 11.9. The Morgan fingerprint density at radius 1 is 1.58 bits per heavy atom. The predicted octanol–water partition coefficient (Wildman–Crippen LogP) is 1.49. The molecule has 2 unspecified atom stereocenters. The number of amides is 1. The van der Waals surface area contributed by atoms with E-state index in [1.54, 1.807) is 0 Å². The first-order valence-electron chi connectivity index (χ1n) is 6.53. The average molecular weight is 266 g/mol. The van der Waals surface area contributed by atoms with Crippen LogP contribution in [0.5, 0.6) is 0 Å². The highest BCUT2D eigenvalue weighted by Crippen LogP contribution is 2.23. The third-order valence-corrected chi connectivity index (χ3v) is 3.58. The largest absolute Gasteiger partial charge is 0.389 e. The molecule has 0 aliphatic heterocycles. The second kappa shape index (κ2) is 5.81. The summed E-state index contributed by atoms with van der Waals surface area (Å²) in [6, 6.07) is 1.50. The Labute approximate surface area is 111 Å². The molecule has 104 valence electrons. The van der Waals surface area contributed by atoms with Gasteiger partial charge in [0.15, 0.2) is 0 Å². The van der Waals surface area contributed by atoms with Crippen LogP contribution >= 0.6 is 0 Å². The molecule has 1 aromatic heterocycles. The molecule has 1 amide bonds. The number of rotatable bonds is 4. The molecule has 0 bridgehead atoms. The fourth-order valence-corrected chi connectivity index (χ4v) is 2.47. The van der Waals surface area contributed by atoms with Gasteiger partial charge in [-0.1, -0.05) is 19.8 Å². The monoisotopic (exact) mass is 266 g/mol. The molecule has 19 heavy (non-hydrogen) atoms. The van der Waals surface area contributed by atoms with Gasteiger partial charge < -0.3 is 15.4 Å². The number of hydrogen-bond acceptors (Lipinski definition) is 4. The van der Waals surface area contributed by atoms with Crippen molar-refractivity contribution in [2.75, 3.05) is 0 Å². The molecule has 2 rings (SSSR count). The molecule has 0 aromatic carbocycles. The van der Waals surface area contributed by atoms with Crippen LogP contribution in [0.2, 0.25) is 0 Å². The standard InChI is InChI=1S/C12H18N4O3/c1-9-4-2-3-5-10(9)13-12(17)8-15-7-6-11(14-15)16(18)19/h6-7,9-10H,2-5,8H2,1H3,(H,13,17). The van der Waals surface area contributed by atoms with Crippen LogP contribution in [-0.4, -0.2) is 26.7 Å². The van der Waals surface area contributed by atoms with Crippen molar-refractivity contribution in [3.63, 3.8) is 0 Å². The van der Waals surface area contributed by atoms with E-state index in [-0.39, 0.29) is 24.3 Å². The number of carbonyl (C=O) groups excluding carboxylic acids is 1. The summed E-state index contributed by atoms with van der Waals surface area (Å²) >= 11 is 0. The van der Waals surface area contributed by atoms with Gasteiger partial charge in [-0.2, -0.15) is 4.68 Å². The smallest absolute Gasteiger partial charge is 0.358 e. The molecule has 1 aliphatic carbocycles. The topological polar surface area (TPSA) is 90.1 Å². The number of carbonyl (C=O) groups is 1. The van der Waals surface area contributed by atoms with E-state index in [9.17, 15) is 14.9 Å². The van der Waals surface area contributed by atoms with Crippen molar-refractivity contribution in [2.45, 2.75) is 45.2 Å². The molecule has 1 fully saturated rings. The molecule has 2 atom stereocenters. The fraction of sp³-hybridized carbons (Fsp3) is 0.667. The van der Waals surface area contributed by atoms with Crippen LogP contribution in [0.3, 0.4) is 0 Å². The van der Waals surface area contributed by atoms with Crippen LogP contribution in [0.1, 0.15) is 32.6 Å². The van der Waals surface area contributed by atoms with Crippen LogP contribution in [-0.2, 0) is 11.3 Å². The van der Waals surface area contributed by atoms with E-state index in [1.165, 1.54) is 23.4 Å². The van der Waals surface area contributed by atoms with Crippen LogP contribution in [0.15, 0.2) is 12.3 Å². The number of nitro groups is 1. The molecule has 1 heterocycles. The van der Waals surface area contributed by atoms with E-state index in [0.717, 1.165) is 19.3 Å². The summed E-state index contributed by atoms with van der Waals surface area (Å²) in [6.07, 6.45) is 5.95. The highest BCUT2D eigenvalue weighted by atomic mass is 16.6. The van der Waals surface area contributed by atoms with Crippen LogP contribution in [0, 0.1) is 16.0 Å². The quantitative estimate of drug-likeness (QED) is 0.660. The van der Waals surface area contributed by atoms with Gasteiger partial charge in [-0.15, -0.1) is 0 Å². The molecule has 7 nitrogen and oxygen atoms in total. The van der Waals surface area contributed by atoms with E-state index in [0.29, 0.717) is 5.92 Å². The number of nitrogens with zero attached hydrogens (tertiary/aromatic N) is 3. The maximum absolute atomic E-state index is 11.9. The first kappa shape index (κ1) is 13.5. The SMILES string of the molecule is CC1CCCCC1NC(=O)Cn1ccc([N+](=O)[O-])n1. The van der Waals surface area contributed by atoms with E-state index in [2.05, 4.69) is 17.3 Å². The molecule has 1 aromatic rings. The zero-order chi connectivity index (χ0) is 13.8. The Kier molecular flexibility index (Phi) is 4.13. The normalized spacial score (nSPS) is 23.0. The van der Waals surface area contributed by atoms with Gasteiger partial charge >= 0.3 is 5.82 Å². The molecule has 0 radical (unpaired) electrons. The van der Waals surface area contributed by atoms with Crippen molar-refractivity contribution in [2.24, 2.45) is 5.92 Å². The predicted molar refractivity (Wildman–Crippen MR) is 68.4 cm³/mol. The summed E-state index contributed by atoms with van der Waals surface area (Å²) < 4.78 is 1.29. The van der Waals surface area contributed by atoms with E-state index in [4.69, 9.17) is 0 Å². The van der Waals surface area contributed by atoms with Crippen LogP contribution in [0.4, 0.5) is 5.82 Å². The number of aromatic nitrogens is 2. The Balaban J connectivity index is 1.87. The lowest BCUT2D eigenvalue weighted by atomic mass is 9.86. The fourth-order valence-electron chi connectivity index (χ4n) is 2.47. The Bertz CT molecular complexity index is 471. The van der Waals surface area contributed by atoms with E-state index >= 15 is 0 Å². The zero-order valence-electron chi connectivity index (χ0n) is 10.9. The molecular weight excluding hydrogens is 248 g/mol. The van der Waals surface area contributed by atoms with Crippen molar-refractivity contribution < 1.29 is 9.72 Å². The molecular formula is C12H18N4O3. The second-order valence-corrected chi connectivity index (χ2v) is 5.06. The average Bonchev–Trinajstić information content (AvgIpc) is 2.80. The zero-order valence-corrected chi connectivity index (χ0v) is 10.9. The lowest BCUT2D eigenvalue weighted by molar-refractivity contribution is -0.389. The minimum Gasteiger partial charge on any atom is -0.358 e. The Hall–Kier alpha value is -1.92. The summed E-state index contributed by atoms with van der Waals surface area (Å²) in [7, 11) is 0. The van der Waals surface area contributed by atoms with Crippen molar-refractivity contribution in [3.8, 4) is 0 Å². The van der Waals surface area contributed by atoms with Gasteiger partial charge in [0.1, 0.15) is 6.54 Å². The summed E-state index contributed by atoms with van der Waals surface area (Å²) in [6.45, 7) is 2.17. The lowest BCUT2D eigenvalue weighted by Gasteiger charge is -2.29. The third-order valence-electron chi connectivity index (χ3n) is 3.58. The van der Waals surface area contributed by atoms with Gasteiger partial charge in [0.05, 0.1) is 17.4 Å². The van der Waals surface area contributed by atoms with Gasteiger partial charge in [0, 0.05) is 6.04 Å². The number of hydrogen-bond donors (Lipinski definition) is 1. The van der Waals surface area contributed by atoms with E-state index in [1.807, 2.05) is 0 Å². The van der Waals surface area contributed by atoms with Crippen LogP contribution < -0.4 is 5.32 Å². The lowest BCUT2D eigenvalue weighted by Crippen LogP contribution is -2.42. The molecule has 0 saturated heterocycles. The maximum Gasteiger partial charge on any atom is 0.389 e. The summed E-state index contributed by atoms with van der Waals surface area (Å²) in [5.41, 5.74) is 0. The minimum absolute atomic E-state index is 0.0249. The van der Waals surface area contributed by atoms with Crippen molar-refractivity contribution >= 4 is 11.7 Å². The summed E-state index contributed by atoms with van der Waals surface area (Å²) in [5, 5.41) is 17.2. The van der Waals surface area contributed by atoms with Gasteiger partial charge in [0.25, 0.3) is 0 Å². The van der Waals surface area contributed by atoms with Crippen molar-refractivity contribution in [3.05, 3.63) is 22.4 Å². The Morgan fingerprint density at radius 3 is 2.95 bits per heavy atom. The minimum atomic E-state index is -0.572. The Morgan fingerprint density at radius 2 is 2.32 bits per heavy atom. The van der Waals surface area contributed by atoms with Crippen molar-refractivity contribution in [1.82, 2.24) is 15.1 Å². The molecule has 7 heteroatoms. The van der Waals surface area contributed by atoms with Gasteiger partial charge in [0.2, 0.25) is 5.91 Å². The van der Waals surface area contributed by atoms with Crippen LogP contribution in [0.25, 0.3) is 0 Å². The van der Waals surface area contributed by atoms with Gasteiger partial charge in [-0.05, 0) is 23.7 Å².